The van der Waals surface area contributed by atoms with Crippen LogP contribution in [0.3, 0.4) is 0 Å². The molecule has 0 radical (unpaired) electrons. The third-order valence-corrected chi connectivity index (χ3v) is 8.15. The van der Waals surface area contributed by atoms with Crippen LogP contribution in [0.2, 0.25) is 0 Å². The number of ether oxygens (including phenoxy) is 2. The molecule has 0 aliphatic heterocycles. The fourth-order valence-electron chi connectivity index (χ4n) is 3.56. The minimum absolute atomic E-state index is 0.0511. The van der Waals surface area contributed by atoms with E-state index in [4.69, 9.17) is 14.5 Å². The van der Waals surface area contributed by atoms with Crippen molar-refractivity contribution < 1.29 is 17.9 Å². The molecule has 0 bridgehead atoms. The molecule has 3 aromatic heterocycles. The maximum absolute atomic E-state index is 12.9. The monoisotopic (exact) mass is 512 g/mol. The number of methoxy groups -OCH3 is 1. The molecule has 184 valence electrons. The van der Waals surface area contributed by atoms with Crippen molar-refractivity contribution in [2.24, 2.45) is 7.05 Å². The average molecular weight is 513 g/mol. The third kappa shape index (κ3) is 5.43. The number of aromatic nitrogens is 4. The van der Waals surface area contributed by atoms with E-state index in [9.17, 15) is 8.42 Å². The van der Waals surface area contributed by atoms with Crippen LogP contribution in [0.15, 0.2) is 58.7 Å². The van der Waals surface area contributed by atoms with Gasteiger partial charge in [0, 0.05) is 18.9 Å². The van der Waals surface area contributed by atoms with E-state index in [1.54, 1.807) is 32.0 Å². The van der Waals surface area contributed by atoms with Crippen LogP contribution in [0.5, 0.6) is 11.5 Å². The van der Waals surface area contributed by atoms with Crippen molar-refractivity contribution in [2.45, 2.75) is 42.5 Å². The lowest BCUT2D eigenvalue weighted by Gasteiger charge is -2.13. The van der Waals surface area contributed by atoms with E-state index in [-0.39, 0.29) is 16.8 Å². The van der Waals surface area contributed by atoms with Crippen molar-refractivity contribution in [3.8, 4) is 23.0 Å². The Hall–Kier alpha value is -3.11. The SMILES string of the molecule is CCS(=O)(=O)c1cc(OC(C)C)cnc1-c1nc2cc(SCc3ccc(OC)cc3)ncc2n1C. The van der Waals surface area contributed by atoms with Gasteiger partial charge in [-0.15, -0.1) is 11.8 Å². The van der Waals surface area contributed by atoms with Gasteiger partial charge in [0.15, 0.2) is 15.7 Å². The number of pyridine rings is 2. The molecule has 0 spiro atoms. The van der Waals surface area contributed by atoms with Crippen LogP contribution in [-0.2, 0) is 22.6 Å². The first-order valence-corrected chi connectivity index (χ1v) is 13.8. The van der Waals surface area contributed by atoms with Crippen molar-refractivity contribution >= 4 is 32.6 Å². The number of thioether (sulfide) groups is 1. The lowest BCUT2D eigenvalue weighted by atomic mass is 10.2. The van der Waals surface area contributed by atoms with Crippen molar-refractivity contribution in [1.82, 2.24) is 19.5 Å². The van der Waals surface area contributed by atoms with Crippen LogP contribution in [0.25, 0.3) is 22.6 Å². The molecule has 4 rings (SSSR count). The highest BCUT2D eigenvalue weighted by Crippen LogP contribution is 2.32. The van der Waals surface area contributed by atoms with E-state index in [1.807, 2.05) is 55.8 Å². The molecular formula is C25H28N4O4S2. The first kappa shape index (κ1) is 25.0. The summed E-state index contributed by atoms with van der Waals surface area (Å²) in [4.78, 5) is 13.9. The van der Waals surface area contributed by atoms with Gasteiger partial charge in [0.2, 0.25) is 0 Å². The highest BCUT2D eigenvalue weighted by atomic mass is 32.2. The highest BCUT2D eigenvalue weighted by Gasteiger charge is 2.24. The Morgan fingerprint density at radius 2 is 1.80 bits per heavy atom. The second kappa shape index (κ2) is 10.2. The number of rotatable bonds is 9. The van der Waals surface area contributed by atoms with Gasteiger partial charge in [0.25, 0.3) is 0 Å². The largest absolute Gasteiger partial charge is 0.497 e. The fourth-order valence-corrected chi connectivity index (χ4v) is 5.44. The van der Waals surface area contributed by atoms with Crippen LogP contribution in [-0.4, -0.2) is 46.9 Å². The molecule has 1 aromatic carbocycles. The molecule has 0 saturated carbocycles. The van der Waals surface area contributed by atoms with Crippen LogP contribution >= 0.6 is 11.8 Å². The molecule has 35 heavy (non-hydrogen) atoms. The first-order chi connectivity index (χ1) is 16.7. The molecule has 0 atom stereocenters. The van der Waals surface area contributed by atoms with E-state index in [0.717, 1.165) is 33.1 Å². The van der Waals surface area contributed by atoms with Gasteiger partial charge in [-0.3, -0.25) is 0 Å². The van der Waals surface area contributed by atoms with E-state index in [0.29, 0.717) is 17.3 Å². The van der Waals surface area contributed by atoms with Crippen LogP contribution in [0, 0.1) is 0 Å². The van der Waals surface area contributed by atoms with Crippen molar-refractivity contribution in [3.05, 3.63) is 54.4 Å². The maximum Gasteiger partial charge on any atom is 0.180 e. The van der Waals surface area contributed by atoms with Crippen molar-refractivity contribution in [2.75, 3.05) is 12.9 Å². The van der Waals surface area contributed by atoms with Crippen LogP contribution in [0.1, 0.15) is 26.3 Å². The Morgan fingerprint density at radius 3 is 2.46 bits per heavy atom. The average Bonchev–Trinajstić information content (AvgIpc) is 3.18. The van der Waals surface area contributed by atoms with Gasteiger partial charge in [-0.2, -0.15) is 0 Å². The molecule has 0 aliphatic rings. The van der Waals surface area contributed by atoms with Gasteiger partial charge in [0.1, 0.15) is 22.1 Å². The Morgan fingerprint density at radius 1 is 1.06 bits per heavy atom. The van der Waals surface area contributed by atoms with Crippen LogP contribution in [0.4, 0.5) is 0 Å². The minimum atomic E-state index is -3.57. The summed E-state index contributed by atoms with van der Waals surface area (Å²) in [7, 11) is -0.0873. The predicted molar refractivity (Wildman–Crippen MR) is 138 cm³/mol. The first-order valence-electron chi connectivity index (χ1n) is 11.2. The summed E-state index contributed by atoms with van der Waals surface area (Å²) in [5.41, 5.74) is 2.97. The summed E-state index contributed by atoms with van der Waals surface area (Å²) < 4.78 is 38.6. The summed E-state index contributed by atoms with van der Waals surface area (Å²) in [6, 6.07) is 11.4. The third-order valence-electron chi connectivity index (χ3n) is 5.41. The zero-order valence-electron chi connectivity index (χ0n) is 20.3. The molecule has 4 aromatic rings. The van der Waals surface area contributed by atoms with E-state index in [2.05, 4.69) is 9.97 Å². The Kier molecular flexibility index (Phi) is 7.32. The fraction of sp³-hybridized carbons (Fsp3) is 0.320. The lowest BCUT2D eigenvalue weighted by molar-refractivity contribution is 0.241. The molecule has 0 aliphatic carbocycles. The van der Waals surface area contributed by atoms with E-state index >= 15 is 0 Å². The minimum Gasteiger partial charge on any atom is -0.497 e. The molecular weight excluding hydrogens is 484 g/mol. The van der Waals surface area contributed by atoms with Gasteiger partial charge in [-0.25, -0.2) is 23.4 Å². The van der Waals surface area contributed by atoms with Crippen molar-refractivity contribution in [1.29, 1.82) is 0 Å². The van der Waals surface area contributed by atoms with Gasteiger partial charge in [-0.05, 0) is 37.6 Å². The van der Waals surface area contributed by atoms with Gasteiger partial charge in [-0.1, -0.05) is 19.1 Å². The maximum atomic E-state index is 12.9. The molecule has 10 heteroatoms. The number of imidazole rings is 1. The standard InChI is InChI=1S/C25H28N4O4S2/c1-6-35(30,31)22-11-19(33-16(2)3)13-27-24(22)25-28-20-12-23(26-14-21(20)29(25)4)34-15-17-7-9-18(32-5)10-8-17/h7-14,16H,6,15H2,1-5H3. The normalized spacial score (nSPS) is 11.8. The van der Waals surface area contributed by atoms with Gasteiger partial charge < -0.3 is 14.0 Å². The number of sulfone groups is 1. The zero-order valence-corrected chi connectivity index (χ0v) is 22.0. The van der Waals surface area contributed by atoms with Crippen molar-refractivity contribution in [3.63, 3.8) is 0 Å². The van der Waals surface area contributed by atoms with Gasteiger partial charge in [0.05, 0.1) is 47.4 Å². The number of hydrogen-bond acceptors (Lipinski definition) is 8. The summed E-state index contributed by atoms with van der Waals surface area (Å²) in [6.07, 6.45) is 3.19. The summed E-state index contributed by atoms with van der Waals surface area (Å²) >= 11 is 1.60. The zero-order chi connectivity index (χ0) is 25.2. The van der Waals surface area contributed by atoms with E-state index < -0.39 is 9.84 Å². The second-order valence-electron chi connectivity index (χ2n) is 8.23. The molecule has 0 unspecified atom stereocenters. The number of benzene rings is 1. The molecule has 0 amide bonds. The topological polar surface area (TPSA) is 96.2 Å². The number of aryl methyl sites for hydroxylation is 1. The van der Waals surface area contributed by atoms with Gasteiger partial charge >= 0.3 is 0 Å². The molecule has 0 saturated heterocycles. The Labute approximate surface area is 209 Å². The molecule has 0 N–H and O–H groups in total. The summed E-state index contributed by atoms with van der Waals surface area (Å²) in [5, 5.41) is 0.827. The number of hydrogen-bond donors (Lipinski definition) is 0. The molecule has 0 fully saturated rings. The second-order valence-corrected chi connectivity index (χ2v) is 11.5. The molecule has 8 nitrogen and oxygen atoms in total. The Bertz CT molecular complexity index is 1450. The summed E-state index contributed by atoms with van der Waals surface area (Å²) in [5.74, 6) is 2.39. The summed E-state index contributed by atoms with van der Waals surface area (Å²) in [6.45, 7) is 5.37. The molecule has 3 heterocycles. The number of fused-ring (bicyclic) bond motifs is 1. The smallest absolute Gasteiger partial charge is 0.180 e. The number of nitrogens with zero attached hydrogens (tertiary/aromatic N) is 4. The highest BCUT2D eigenvalue weighted by molar-refractivity contribution is 7.98. The predicted octanol–water partition coefficient (Wildman–Crippen LogP) is 4.91. The Balaban J connectivity index is 1.68. The van der Waals surface area contributed by atoms with Crippen LogP contribution < -0.4 is 9.47 Å². The lowest BCUT2D eigenvalue weighted by Crippen LogP contribution is -2.11. The van der Waals surface area contributed by atoms with E-state index in [1.165, 1.54) is 12.3 Å². The quantitative estimate of drug-likeness (QED) is 0.292.